The van der Waals surface area contributed by atoms with Crippen LogP contribution in [0.1, 0.15) is 26.7 Å². The highest BCUT2D eigenvalue weighted by atomic mass is 16.6. The molecule has 0 saturated carbocycles. The molecule has 1 rings (SSSR count). The first-order valence-corrected chi connectivity index (χ1v) is 8.21. The summed E-state index contributed by atoms with van der Waals surface area (Å²) in [5.74, 6) is -3.65. The van der Waals surface area contributed by atoms with Gasteiger partial charge in [-0.25, -0.2) is 9.59 Å². The van der Waals surface area contributed by atoms with Crippen LogP contribution in [0.2, 0.25) is 0 Å². The average molecular weight is 382 g/mol. The van der Waals surface area contributed by atoms with Crippen LogP contribution in [0.5, 0.6) is 0 Å². The van der Waals surface area contributed by atoms with Crippen molar-refractivity contribution in [3.63, 3.8) is 0 Å². The fraction of sp³-hybridized carbons (Fsp3) is 0.500. The number of allylic oxidation sites excluding steroid dienone is 3. The largest absolute Gasteiger partial charge is 0.468 e. The van der Waals surface area contributed by atoms with Crippen LogP contribution in [0.4, 0.5) is 0 Å². The van der Waals surface area contributed by atoms with E-state index < -0.39 is 34.9 Å². The zero-order valence-corrected chi connectivity index (χ0v) is 15.7. The van der Waals surface area contributed by atoms with Crippen molar-refractivity contribution in [2.45, 2.75) is 26.7 Å². The third-order valence-corrected chi connectivity index (χ3v) is 4.00. The number of methoxy groups -OCH3 is 2. The molecule has 0 spiro atoms. The Balaban J connectivity index is 3.42. The van der Waals surface area contributed by atoms with E-state index in [1.807, 2.05) is 0 Å². The highest BCUT2D eigenvalue weighted by Gasteiger charge is 2.53. The van der Waals surface area contributed by atoms with Gasteiger partial charge in [-0.1, -0.05) is 0 Å². The summed E-state index contributed by atoms with van der Waals surface area (Å²) in [7, 11) is 2.20. The fourth-order valence-electron chi connectivity index (χ4n) is 2.76. The second-order valence-electron chi connectivity index (χ2n) is 5.59. The van der Waals surface area contributed by atoms with Crippen LogP contribution in [-0.4, -0.2) is 57.6 Å². The summed E-state index contributed by atoms with van der Waals surface area (Å²) < 4.78 is 19.1. The van der Waals surface area contributed by atoms with Gasteiger partial charge in [0.15, 0.2) is 5.41 Å². The Labute approximate surface area is 156 Å². The fourth-order valence-corrected chi connectivity index (χ4v) is 2.76. The van der Waals surface area contributed by atoms with E-state index >= 15 is 0 Å². The van der Waals surface area contributed by atoms with Gasteiger partial charge in [-0.3, -0.25) is 14.4 Å². The molecule has 148 valence electrons. The minimum Gasteiger partial charge on any atom is -0.468 e. The molecule has 0 aliphatic heterocycles. The van der Waals surface area contributed by atoms with Gasteiger partial charge in [0.25, 0.3) is 0 Å². The number of carbonyl (C=O) groups is 5. The van der Waals surface area contributed by atoms with Crippen molar-refractivity contribution in [3.05, 3.63) is 22.8 Å². The first kappa shape index (κ1) is 22.1. The molecule has 9 nitrogen and oxygen atoms in total. The molecule has 0 aromatic heterocycles. The van der Waals surface area contributed by atoms with Crippen LogP contribution in [0.25, 0.3) is 0 Å². The van der Waals surface area contributed by atoms with Crippen molar-refractivity contribution in [2.24, 2.45) is 5.41 Å². The Morgan fingerprint density at radius 1 is 0.889 bits per heavy atom. The molecule has 27 heavy (non-hydrogen) atoms. The van der Waals surface area contributed by atoms with Crippen molar-refractivity contribution in [1.29, 1.82) is 0 Å². The van der Waals surface area contributed by atoms with Gasteiger partial charge >= 0.3 is 23.9 Å². The number of esters is 4. The van der Waals surface area contributed by atoms with Gasteiger partial charge in [0.1, 0.15) is 11.9 Å². The van der Waals surface area contributed by atoms with Crippen molar-refractivity contribution < 1.29 is 42.9 Å². The number of ether oxygens (including phenoxy) is 4. The Morgan fingerprint density at radius 3 is 1.70 bits per heavy atom. The molecule has 0 heterocycles. The Hall–Kier alpha value is -2.97. The maximum absolute atomic E-state index is 12.2. The zero-order valence-electron chi connectivity index (χ0n) is 15.7. The molecular formula is C18H22O9. The van der Waals surface area contributed by atoms with Crippen molar-refractivity contribution in [2.75, 3.05) is 27.4 Å². The van der Waals surface area contributed by atoms with Gasteiger partial charge in [-0.2, -0.15) is 0 Å². The summed E-state index contributed by atoms with van der Waals surface area (Å²) in [5.41, 5.74) is -1.99. The molecule has 0 aromatic carbocycles. The van der Waals surface area contributed by atoms with Gasteiger partial charge < -0.3 is 18.9 Å². The van der Waals surface area contributed by atoms with E-state index in [4.69, 9.17) is 18.9 Å². The third kappa shape index (κ3) is 4.60. The summed E-state index contributed by atoms with van der Waals surface area (Å²) in [4.78, 5) is 60.1. The van der Waals surface area contributed by atoms with E-state index in [9.17, 15) is 24.0 Å². The first-order valence-electron chi connectivity index (χ1n) is 8.21. The van der Waals surface area contributed by atoms with Crippen LogP contribution in [0, 0.1) is 5.41 Å². The molecule has 0 atom stereocenters. The summed E-state index contributed by atoms with van der Waals surface area (Å²) in [6.45, 7) is 3.16. The maximum Gasteiger partial charge on any atom is 0.345 e. The molecule has 0 N–H and O–H groups in total. The molecule has 9 heteroatoms. The van der Waals surface area contributed by atoms with E-state index in [1.54, 1.807) is 13.8 Å². The number of hydrogen-bond acceptors (Lipinski definition) is 9. The molecule has 0 aromatic rings. The van der Waals surface area contributed by atoms with Gasteiger partial charge in [0.05, 0.1) is 27.4 Å². The van der Waals surface area contributed by atoms with Crippen molar-refractivity contribution in [1.82, 2.24) is 0 Å². The summed E-state index contributed by atoms with van der Waals surface area (Å²) in [5, 5.41) is 0. The van der Waals surface area contributed by atoms with Crippen LogP contribution < -0.4 is 0 Å². The number of aldehydes is 1. The van der Waals surface area contributed by atoms with Gasteiger partial charge in [-0.15, -0.1) is 0 Å². The Kier molecular flexibility index (Phi) is 7.89. The lowest BCUT2D eigenvalue weighted by Crippen LogP contribution is -2.39. The van der Waals surface area contributed by atoms with Gasteiger partial charge in [-0.05, 0) is 37.5 Å². The van der Waals surface area contributed by atoms with E-state index in [2.05, 4.69) is 0 Å². The second kappa shape index (κ2) is 9.65. The summed E-state index contributed by atoms with van der Waals surface area (Å²) >= 11 is 0. The first-order chi connectivity index (χ1) is 12.8. The minimum atomic E-state index is -1.76. The average Bonchev–Trinajstić information content (AvgIpc) is 3.04. The number of carbonyl (C=O) groups excluding carboxylic acids is 5. The molecule has 0 radical (unpaired) electrons. The molecule has 0 amide bonds. The SMILES string of the molecule is CCOC(=O)C(=CC1=C(C=O)CC(C(=O)OC)(C(=O)OC)C1)C(=O)OCC. The molecule has 0 bridgehead atoms. The minimum absolute atomic E-state index is 0.0173. The van der Waals surface area contributed by atoms with E-state index in [-0.39, 0.29) is 37.2 Å². The standard InChI is InChI=1S/C18H22O9/c1-5-26-14(20)13(15(21)27-6-2)7-11-8-18(16(22)24-3,17(23)25-4)9-12(11)10-19/h7,10H,5-6,8-9H2,1-4H3. The van der Waals surface area contributed by atoms with Gasteiger partial charge in [0, 0.05) is 6.42 Å². The molecule has 0 unspecified atom stereocenters. The Bertz CT molecular complexity index is 664. The van der Waals surface area contributed by atoms with E-state index in [0.29, 0.717) is 6.29 Å². The van der Waals surface area contributed by atoms with Crippen LogP contribution in [-0.2, 0) is 42.9 Å². The highest BCUT2D eigenvalue weighted by molar-refractivity contribution is 6.14. The van der Waals surface area contributed by atoms with Crippen LogP contribution in [0.3, 0.4) is 0 Å². The number of rotatable bonds is 8. The smallest absolute Gasteiger partial charge is 0.345 e. The lowest BCUT2D eigenvalue weighted by Gasteiger charge is -2.23. The predicted octanol–water partition coefficient (Wildman–Crippen LogP) is 0.661. The second-order valence-corrected chi connectivity index (χ2v) is 5.59. The topological polar surface area (TPSA) is 122 Å². The lowest BCUT2D eigenvalue weighted by atomic mass is 9.83. The highest BCUT2D eigenvalue weighted by Crippen LogP contribution is 2.44. The number of hydrogen-bond donors (Lipinski definition) is 0. The van der Waals surface area contributed by atoms with E-state index in [0.717, 1.165) is 20.3 Å². The monoisotopic (exact) mass is 382 g/mol. The van der Waals surface area contributed by atoms with Crippen molar-refractivity contribution >= 4 is 30.2 Å². The Morgan fingerprint density at radius 2 is 1.33 bits per heavy atom. The molecule has 0 fully saturated rings. The van der Waals surface area contributed by atoms with Crippen LogP contribution >= 0.6 is 0 Å². The summed E-state index contributed by atoms with van der Waals surface area (Å²) in [6, 6.07) is 0. The third-order valence-electron chi connectivity index (χ3n) is 4.00. The molecule has 1 aliphatic carbocycles. The predicted molar refractivity (Wildman–Crippen MR) is 90.1 cm³/mol. The lowest BCUT2D eigenvalue weighted by molar-refractivity contribution is -0.168. The molecule has 0 saturated heterocycles. The zero-order chi connectivity index (χ0) is 20.6. The van der Waals surface area contributed by atoms with Crippen molar-refractivity contribution in [3.8, 4) is 0 Å². The van der Waals surface area contributed by atoms with Crippen LogP contribution in [0.15, 0.2) is 22.8 Å². The molecule has 1 aliphatic rings. The molecular weight excluding hydrogens is 360 g/mol. The maximum atomic E-state index is 12.2. The van der Waals surface area contributed by atoms with Gasteiger partial charge in [0.2, 0.25) is 0 Å². The normalized spacial score (nSPS) is 14.8. The summed E-state index contributed by atoms with van der Waals surface area (Å²) in [6.07, 6.45) is 1.00. The quantitative estimate of drug-likeness (QED) is 0.149. The van der Waals surface area contributed by atoms with E-state index in [1.165, 1.54) is 0 Å².